The summed E-state index contributed by atoms with van der Waals surface area (Å²) in [7, 11) is 0. The molecule has 4 aromatic rings. The number of benzene rings is 4. The summed E-state index contributed by atoms with van der Waals surface area (Å²) in [6.07, 6.45) is 2.19. The highest BCUT2D eigenvalue weighted by molar-refractivity contribution is 5.81. The van der Waals surface area contributed by atoms with E-state index >= 15 is 0 Å². The first-order valence-corrected chi connectivity index (χ1v) is 14.6. The number of hydrogen-bond acceptors (Lipinski definition) is 8. The lowest BCUT2D eigenvalue weighted by Crippen LogP contribution is -2.10. The maximum atomic E-state index is 11.1. The Morgan fingerprint density at radius 3 is 1.25 bits per heavy atom. The minimum atomic E-state index is -0.502. The Labute approximate surface area is 279 Å². The molecule has 0 radical (unpaired) electrons. The van der Waals surface area contributed by atoms with Crippen LogP contribution >= 0.6 is 0 Å². The number of nitriles is 2. The fourth-order valence-electron chi connectivity index (χ4n) is 4.18. The molecule has 234 valence electrons. The normalized spacial score (nSPS) is 9.54. The standard InChI is InChI=1S/C40H28N2O6/c1-3-39(43)47-23-21-45-35-15-9-29(10-16-35)5-7-31-13-19-37(33(25-31)27-41)38-20-14-32(26-34(38)28-42)8-6-30-11-17-36(18-12-30)46-22-24-48-40(44)4-2/h3-4,9-20,25-26H,1-2,21-24H2. The molecule has 8 heteroatoms. The molecule has 0 saturated carbocycles. The van der Waals surface area contributed by atoms with Crippen molar-refractivity contribution in [3.05, 3.63) is 144 Å². The molecule has 0 fully saturated rings. The molecule has 8 nitrogen and oxygen atoms in total. The van der Waals surface area contributed by atoms with E-state index in [9.17, 15) is 20.1 Å². The van der Waals surface area contributed by atoms with Gasteiger partial charge in [0, 0.05) is 45.5 Å². The Bertz CT molecular complexity index is 1880. The van der Waals surface area contributed by atoms with Gasteiger partial charge >= 0.3 is 11.9 Å². The average Bonchev–Trinajstić information content (AvgIpc) is 3.13. The Hall–Kier alpha value is -7.00. The van der Waals surface area contributed by atoms with Gasteiger partial charge in [0.1, 0.15) is 37.9 Å². The third-order valence-corrected chi connectivity index (χ3v) is 6.51. The molecule has 0 heterocycles. The van der Waals surface area contributed by atoms with Crippen molar-refractivity contribution in [1.29, 1.82) is 10.5 Å². The van der Waals surface area contributed by atoms with Crippen LogP contribution in [0.15, 0.2) is 110 Å². The first-order chi connectivity index (χ1) is 23.4. The highest BCUT2D eigenvalue weighted by atomic mass is 16.6. The van der Waals surface area contributed by atoms with E-state index in [1.807, 2.05) is 0 Å². The maximum Gasteiger partial charge on any atom is 0.330 e. The van der Waals surface area contributed by atoms with Gasteiger partial charge in [-0.25, -0.2) is 9.59 Å². The van der Waals surface area contributed by atoms with E-state index in [4.69, 9.17) is 18.9 Å². The Morgan fingerprint density at radius 1 is 0.542 bits per heavy atom. The zero-order chi connectivity index (χ0) is 34.1. The minimum Gasteiger partial charge on any atom is -0.490 e. The summed E-state index contributed by atoms with van der Waals surface area (Å²) in [6.45, 7) is 7.33. The maximum absolute atomic E-state index is 11.1. The molecule has 0 aliphatic carbocycles. The fourth-order valence-corrected chi connectivity index (χ4v) is 4.18. The largest absolute Gasteiger partial charge is 0.490 e. The van der Waals surface area contributed by atoms with Crippen LogP contribution in [-0.2, 0) is 19.1 Å². The van der Waals surface area contributed by atoms with E-state index in [-0.39, 0.29) is 26.4 Å². The van der Waals surface area contributed by atoms with Crippen molar-refractivity contribution < 1.29 is 28.5 Å². The molecule has 0 aliphatic rings. The third-order valence-electron chi connectivity index (χ3n) is 6.51. The summed E-state index contributed by atoms with van der Waals surface area (Å²) >= 11 is 0. The van der Waals surface area contributed by atoms with Crippen LogP contribution in [0.3, 0.4) is 0 Å². The second-order valence-electron chi connectivity index (χ2n) is 9.73. The van der Waals surface area contributed by atoms with E-state index in [1.165, 1.54) is 0 Å². The van der Waals surface area contributed by atoms with Crippen molar-refractivity contribution in [2.45, 2.75) is 0 Å². The Balaban J connectivity index is 1.41. The number of hydrogen-bond donors (Lipinski definition) is 0. The van der Waals surface area contributed by atoms with E-state index in [2.05, 4.69) is 49.0 Å². The summed E-state index contributed by atoms with van der Waals surface area (Å²) in [5.74, 6) is 12.5. The first-order valence-electron chi connectivity index (χ1n) is 14.6. The predicted molar refractivity (Wildman–Crippen MR) is 179 cm³/mol. The zero-order valence-corrected chi connectivity index (χ0v) is 25.8. The molecular weight excluding hydrogens is 604 g/mol. The number of carbonyl (C=O) groups is 2. The van der Waals surface area contributed by atoms with Crippen molar-refractivity contribution in [3.63, 3.8) is 0 Å². The molecule has 4 aromatic carbocycles. The highest BCUT2D eigenvalue weighted by Gasteiger charge is 2.11. The van der Waals surface area contributed by atoms with Crippen LogP contribution in [0, 0.1) is 46.3 Å². The van der Waals surface area contributed by atoms with Gasteiger partial charge in [-0.1, -0.05) is 49.0 Å². The number of ether oxygens (including phenoxy) is 4. The predicted octanol–water partition coefficient (Wildman–Crippen LogP) is 6.11. The second kappa shape index (κ2) is 17.5. The summed E-state index contributed by atoms with van der Waals surface area (Å²) in [4.78, 5) is 22.2. The van der Waals surface area contributed by atoms with Gasteiger partial charge in [-0.3, -0.25) is 0 Å². The van der Waals surface area contributed by atoms with Crippen molar-refractivity contribution >= 4 is 11.9 Å². The summed E-state index contributed by atoms with van der Waals surface area (Å²) in [6, 6.07) is 29.3. The van der Waals surface area contributed by atoms with Gasteiger partial charge in [0.15, 0.2) is 0 Å². The molecule has 0 unspecified atom stereocenters. The van der Waals surface area contributed by atoms with Gasteiger partial charge in [-0.2, -0.15) is 10.5 Å². The molecule has 0 bridgehead atoms. The van der Waals surface area contributed by atoms with Gasteiger partial charge in [-0.05, 0) is 72.8 Å². The lowest BCUT2D eigenvalue weighted by atomic mass is 9.93. The van der Waals surface area contributed by atoms with Crippen molar-refractivity contribution in [2.24, 2.45) is 0 Å². The molecule has 0 spiro atoms. The van der Waals surface area contributed by atoms with Gasteiger partial charge in [0.25, 0.3) is 0 Å². The van der Waals surface area contributed by atoms with Crippen molar-refractivity contribution in [3.8, 4) is 58.4 Å². The van der Waals surface area contributed by atoms with Crippen LogP contribution in [0.1, 0.15) is 33.4 Å². The summed E-state index contributed by atoms with van der Waals surface area (Å²) < 4.78 is 20.9. The van der Waals surface area contributed by atoms with E-state index in [1.54, 1.807) is 84.9 Å². The first kappa shape index (κ1) is 33.9. The quantitative estimate of drug-likeness (QED) is 0.0841. The van der Waals surface area contributed by atoms with Crippen LogP contribution in [0.5, 0.6) is 11.5 Å². The van der Waals surface area contributed by atoms with Crippen LogP contribution in [0.4, 0.5) is 0 Å². The number of esters is 2. The zero-order valence-electron chi connectivity index (χ0n) is 25.8. The van der Waals surface area contributed by atoms with Crippen LogP contribution in [0.2, 0.25) is 0 Å². The molecule has 0 atom stereocenters. The molecule has 0 aliphatic heterocycles. The molecule has 0 amide bonds. The molecule has 48 heavy (non-hydrogen) atoms. The van der Waals surface area contributed by atoms with Gasteiger partial charge in [-0.15, -0.1) is 0 Å². The smallest absolute Gasteiger partial charge is 0.330 e. The van der Waals surface area contributed by atoms with Crippen molar-refractivity contribution in [1.82, 2.24) is 0 Å². The molecule has 0 saturated heterocycles. The lowest BCUT2D eigenvalue weighted by molar-refractivity contribution is -0.139. The van der Waals surface area contributed by atoms with Crippen LogP contribution in [0.25, 0.3) is 11.1 Å². The summed E-state index contributed by atoms with van der Waals surface area (Å²) in [5, 5.41) is 19.8. The third kappa shape index (κ3) is 10.0. The minimum absolute atomic E-state index is 0.116. The molecular formula is C40H28N2O6. The molecule has 0 aromatic heterocycles. The topological polar surface area (TPSA) is 119 Å². The van der Waals surface area contributed by atoms with Crippen LogP contribution in [-0.4, -0.2) is 38.4 Å². The van der Waals surface area contributed by atoms with E-state index in [0.29, 0.717) is 44.9 Å². The highest BCUT2D eigenvalue weighted by Crippen LogP contribution is 2.28. The van der Waals surface area contributed by atoms with Gasteiger partial charge < -0.3 is 18.9 Å². The fraction of sp³-hybridized carbons (Fsp3) is 0.100. The summed E-state index contributed by atoms with van der Waals surface area (Å²) in [5.41, 5.74) is 4.81. The number of carbonyl (C=O) groups excluding carboxylic acids is 2. The number of rotatable bonds is 11. The van der Waals surface area contributed by atoms with E-state index < -0.39 is 11.9 Å². The monoisotopic (exact) mass is 632 g/mol. The van der Waals surface area contributed by atoms with E-state index in [0.717, 1.165) is 23.3 Å². The lowest BCUT2D eigenvalue weighted by Gasteiger charge is -2.08. The van der Waals surface area contributed by atoms with Gasteiger partial charge in [0.05, 0.1) is 23.3 Å². The molecule has 0 N–H and O–H groups in total. The molecule has 4 rings (SSSR count). The average molecular weight is 633 g/mol. The second-order valence-corrected chi connectivity index (χ2v) is 9.73. The van der Waals surface area contributed by atoms with Gasteiger partial charge in [0.2, 0.25) is 0 Å². The Morgan fingerprint density at radius 2 is 0.896 bits per heavy atom. The Kier molecular flexibility index (Phi) is 12.3. The number of nitrogens with zero attached hydrogens (tertiary/aromatic N) is 2. The van der Waals surface area contributed by atoms with Crippen molar-refractivity contribution in [2.75, 3.05) is 26.4 Å². The van der Waals surface area contributed by atoms with Crippen LogP contribution < -0.4 is 9.47 Å². The SMILES string of the molecule is C=CC(=O)OCCOc1ccc(C#Cc2ccc(-c3ccc(C#Cc4ccc(OCCOC(=O)C=C)cc4)cc3C#N)c(C#N)c2)cc1.